The lowest BCUT2D eigenvalue weighted by Gasteiger charge is -1.86. The second-order valence-electron chi connectivity index (χ2n) is 2.24. The highest BCUT2D eigenvalue weighted by Crippen LogP contribution is 2.21. The molecule has 0 fully saturated rings. The fourth-order valence-corrected chi connectivity index (χ4v) is 1.58. The first-order valence-corrected chi connectivity index (χ1v) is 4.23. The van der Waals surface area contributed by atoms with Crippen molar-refractivity contribution in [2.45, 2.75) is 20.3 Å². The third kappa shape index (κ3) is 1.57. The van der Waals surface area contributed by atoms with Crippen molar-refractivity contribution >= 4 is 22.1 Å². The monoisotopic (exact) mass is 170 g/mol. The number of anilines is 1. The van der Waals surface area contributed by atoms with Crippen LogP contribution in [-0.4, -0.2) is 10.8 Å². The van der Waals surface area contributed by atoms with Gasteiger partial charge in [-0.15, -0.1) is 0 Å². The first-order valence-electron chi connectivity index (χ1n) is 3.41. The Balaban J connectivity index is 3.05. The minimum absolute atomic E-state index is 0.0126. The Morgan fingerprint density at radius 3 is 2.64 bits per heavy atom. The van der Waals surface area contributed by atoms with E-state index in [9.17, 15) is 4.79 Å². The Kier molecular flexibility index (Phi) is 2.24. The Morgan fingerprint density at radius 1 is 1.73 bits per heavy atom. The molecule has 1 rings (SSSR count). The first kappa shape index (κ1) is 8.20. The van der Waals surface area contributed by atoms with Crippen LogP contribution in [0.4, 0.5) is 5.00 Å². The van der Waals surface area contributed by atoms with Crippen molar-refractivity contribution in [3.8, 4) is 0 Å². The molecule has 2 N–H and O–H groups in total. The molecule has 11 heavy (non-hydrogen) atoms. The number of nitrogen functional groups attached to an aromatic ring is 1. The predicted octanol–water partition coefficient (Wildman–Crippen LogP) is 1.49. The van der Waals surface area contributed by atoms with E-state index in [1.54, 1.807) is 0 Å². The number of ketones is 1. The average Bonchev–Trinajstić information content (AvgIpc) is 2.31. The molecule has 0 bridgehead atoms. The van der Waals surface area contributed by atoms with E-state index in [0.29, 0.717) is 10.0 Å². The van der Waals surface area contributed by atoms with E-state index in [-0.39, 0.29) is 5.78 Å². The largest absolute Gasteiger partial charge is 0.389 e. The summed E-state index contributed by atoms with van der Waals surface area (Å²) in [4.78, 5) is 14.9. The van der Waals surface area contributed by atoms with E-state index in [4.69, 9.17) is 5.73 Å². The summed E-state index contributed by atoms with van der Waals surface area (Å²) < 4.78 is 0. The molecule has 0 spiro atoms. The minimum Gasteiger partial charge on any atom is -0.389 e. The second kappa shape index (κ2) is 3.00. The molecular formula is C7H10N2OS. The van der Waals surface area contributed by atoms with Crippen LogP contribution >= 0.6 is 11.3 Å². The summed E-state index contributed by atoms with van der Waals surface area (Å²) >= 11 is 1.26. The fraction of sp³-hybridized carbons (Fsp3) is 0.429. The molecule has 60 valence electrons. The number of Topliss-reactive ketones (excluding diaryl/α,β-unsaturated/α-hetero) is 1. The van der Waals surface area contributed by atoms with Crippen LogP contribution in [0, 0.1) is 0 Å². The van der Waals surface area contributed by atoms with Crippen LogP contribution in [0.3, 0.4) is 0 Å². The van der Waals surface area contributed by atoms with Gasteiger partial charge < -0.3 is 5.73 Å². The third-order valence-corrected chi connectivity index (χ3v) is 2.39. The first-order chi connectivity index (χ1) is 5.15. The number of rotatable bonds is 2. The van der Waals surface area contributed by atoms with Gasteiger partial charge in [0.25, 0.3) is 0 Å². The van der Waals surface area contributed by atoms with Crippen LogP contribution in [0.25, 0.3) is 0 Å². The maximum Gasteiger partial charge on any atom is 0.188 e. The van der Waals surface area contributed by atoms with E-state index in [1.165, 1.54) is 18.3 Å². The zero-order chi connectivity index (χ0) is 8.43. The van der Waals surface area contributed by atoms with Gasteiger partial charge in [-0.05, 0) is 6.42 Å². The number of hydrogen-bond donors (Lipinski definition) is 1. The maximum absolute atomic E-state index is 10.8. The summed E-state index contributed by atoms with van der Waals surface area (Å²) in [5, 5.41) is 1.18. The zero-order valence-electron chi connectivity index (χ0n) is 6.55. The maximum atomic E-state index is 10.8. The van der Waals surface area contributed by atoms with E-state index in [0.717, 1.165) is 12.1 Å². The van der Waals surface area contributed by atoms with Gasteiger partial charge in [-0.2, -0.15) is 0 Å². The van der Waals surface area contributed by atoms with Gasteiger partial charge in [0.2, 0.25) is 0 Å². The van der Waals surface area contributed by atoms with Gasteiger partial charge in [0.1, 0.15) is 5.00 Å². The van der Waals surface area contributed by atoms with Crippen LogP contribution in [-0.2, 0) is 6.42 Å². The average molecular weight is 170 g/mol. The van der Waals surface area contributed by atoms with Gasteiger partial charge >= 0.3 is 0 Å². The summed E-state index contributed by atoms with van der Waals surface area (Å²) in [5.74, 6) is -0.0126. The highest BCUT2D eigenvalue weighted by atomic mass is 32.1. The predicted molar refractivity (Wildman–Crippen MR) is 45.9 cm³/mol. The molecule has 3 nitrogen and oxygen atoms in total. The topological polar surface area (TPSA) is 56.0 Å². The minimum atomic E-state index is -0.0126. The fourth-order valence-electron chi connectivity index (χ4n) is 0.767. The molecule has 4 heteroatoms. The molecular weight excluding hydrogens is 160 g/mol. The highest BCUT2D eigenvalue weighted by Gasteiger charge is 2.09. The smallest absolute Gasteiger partial charge is 0.188 e. The summed E-state index contributed by atoms with van der Waals surface area (Å²) in [6.07, 6.45) is 0.787. The van der Waals surface area contributed by atoms with Gasteiger partial charge in [0, 0.05) is 6.92 Å². The molecule has 0 saturated carbocycles. The van der Waals surface area contributed by atoms with Crippen molar-refractivity contribution in [3.05, 3.63) is 10.7 Å². The van der Waals surface area contributed by atoms with Crippen molar-refractivity contribution in [3.63, 3.8) is 0 Å². The lowest BCUT2D eigenvalue weighted by atomic mass is 10.3. The van der Waals surface area contributed by atoms with Gasteiger partial charge in [0.05, 0.1) is 5.69 Å². The van der Waals surface area contributed by atoms with Crippen molar-refractivity contribution in [2.24, 2.45) is 0 Å². The Bertz CT molecular complexity index is 280. The van der Waals surface area contributed by atoms with Crippen LogP contribution in [0.2, 0.25) is 0 Å². The number of nitrogens with two attached hydrogens (primary N) is 1. The molecule has 0 amide bonds. The lowest BCUT2D eigenvalue weighted by Crippen LogP contribution is -1.91. The molecule has 0 saturated heterocycles. The normalized spacial score (nSPS) is 10.0. The van der Waals surface area contributed by atoms with Gasteiger partial charge in [-0.25, -0.2) is 4.98 Å². The van der Waals surface area contributed by atoms with E-state index >= 15 is 0 Å². The van der Waals surface area contributed by atoms with Crippen molar-refractivity contribution in [2.75, 3.05) is 5.73 Å². The summed E-state index contributed by atoms with van der Waals surface area (Å²) in [7, 11) is 0. The van der Waals surface area contributed by atoms with Gasteiger partial charge in [0.15, 0.2) is 10.8 Å². The standard InChI is InChI=1S/C7H10N2OS/c1-3-5-6(8)11-7(9-5)4(2)10/h3,8H2,1-2H3. The number of hydrogen-bond acceptors (Lipinski definition) is 4. The quantitative estimate of drug-likeness (QED) is 0.684. The second-order valence-corrected chi connectivity index (χ2v) is 3.27. The third-order valence-electron chi connectivity index (χ3n) is 1.36. The summed E-state index contributed by atoms with van der Waals surface area (Å²) in [6, 6.07) is 0. The molecule has 0 atom stereocenters. The Labute approximate surface area is 69.3 Å². The summed E-state index contributed by atoms with van der Waals surface area (Å²) in [6.45, 7) is 3.47. The van der Waals surface area contributed by atoms with Crippen LogP contribution < -0.4 is 5.73 Å². The van der Waals surface area contributed by atoms with Crippen LogP contribution in [0.5, 0.6) is 0 Å². The van der Waals surface area contributed by atoms with Crippen molar-refractivity contribution in [1.82, 2.24) is 4.98 Å². The molecule has 0 aliphatic carbocycles. The Morgan fingerprint density at radius 2 is 2.36 bits per heavy atom. The van der Waals surface area contributed by atoms with E-state index < -0.39 is 0 Å². The van der Waals surface area contributed by atoms with Crippen molar-refractivity contribution in [1.29, 1.82) is 0 Å². The lowest BCUT2D eigenvalue weighted by molar-refractivity contribution is 0.101. The number of thiazole rings is 1. The molecule has 0 radical (unpaired) electrons. The van der Waals surface area contributed by atoms with E-state index in [1.807, 2.05) is 6.92 Å². The number of aryl methyl sites for hydroxylation is 1. The van der Waals surface area contributed by atoms with Crippen LogP contribution in [0.1, 0.15) is 29.3 Å². The molecule has 0 aliphatic heterocycles. The molecule has 0 aromatic carbocycles. The zero-order valence-corrected chi connectivity index (χ0v) is 7.36. The molecule has 0 unspecified atom stereocenters. The van der Waals surface area contributed by atoms with Crippen LogP contribution in [0.15, 0.2) is 0 Å². The number of carbonyl (C=O) groups excluding carboxylic acids is 1. The molecule has 1 heterocycles. The Hall–Kier alpha value is -0.900. The van der Waals surface area contributed by atoms with Gasteiger partial charge in [-0.3, -0.25) is 4.79 Å². The summed E-state index contributed by atoms with van der Waals surface area (Å²) in [5.41, 5.74) is 6.43. The number of nitrogens with zero attached hydrogens (tertiary/aromatic N) is 1. The van der Waals surface area contributed by atoms with Gasteiger partial charge in [-0.1, -0.05) is 18.3 Å². The molecule has 1 aromatic heterocycles. The SMILES string of the molecule is CCc1nc(C(C)=O)sc1N. The number of carbonyl (C=O) groups is 1. The molecule has 0 aliphatic rings. The molecule has 1 aromatic rings. The highest BCUT2D eigenvalue weighted by molar-refractivity contribution is 7.17. The number of aromatic nitrogens is 1. The van der Waals surface area contributed by atoms with Crippen molar-refractivity contribution < 1.29 is 4.79 Å². The van der Waals surface area contributed by atoms with E-state index in [2.05, 4.69) is 4.98 Å².